The van der Waals surface area contributed by atoms with Crippen LogP contribution in [0, 0.1) is 17.8 Å². The van der Waals surface area contributed by atoms with Gasteiger partial charge in [-0.25, -0.2) is 0 Å². The van der Waals surface area contributed by atoms with Crippen molar-refractivity contribution in [1.29, 1.82) is 0 Å². The molecule has 4 fully saturated rings. The largest absolute Gasteiger partial charge is 0.416 e. The molecule has 4 bridgehead atoms. The Morgan fingerprint density at radius 1 is 1.19 bits per heavy atom. The second-order valence-corrected chi connectivity index (χ2v) is 8.82. The molecular formula is C21H26F3NO2. The topological polar surface area (TPSA) is 38.3 Å². The van der Waals surface area contributed by atoms with Crippen molar-refractivity contribution in [2.75, 3.05) is 6.54 Å². The molecule has 0 saturated heterocycles. The zero-order valence-electron chi connectivity index (χ0n) is 15.5. The maximum absolute atomic E-state index is 12.8. The van der Waals surface area contributed by atoms with Crippen molar-refractivity contribution in [1.82, 2.24) is 5.32 Å². The lowest BCUT2D eigenvalue weighted by Crippen LogP contribution is -2.53. The third kappa shape index (κ3) is 4.00. The monoisotopic (exact) mass is 381 g/mol. The standard InChI is InChI=1S/C21H26F3NO2/c1-13(27-20-9-14-5-15(10-20)7-16(6-14)11-20)12-25-19(26)17-3-2-4-18(8-17)21(22,23)24/h2-4,8,13-16H,5-7,9-12H2,1H3,(H,25,26). The zero-order chi connectivity index (χ0) is 19.2. The molecule has 0 heterocycles. The van der Waals surface area contributed by atoms with E-state index in [1.807, 2.05) is 6.92 Å². The molecule has 1 amide bonds. The van der Waals surface area contributed by atoms with Crippen molar-refractivity contribution in [3.05, 3.63) is 35.4 Å². The summed E-state index contributed by atoms with van der Waals surface area (Å²) in [6.45, 7) is 2.24. The van der Waals surface area contributed by atoms with Crippen LogP contribution < -0.4 is 5.32 Å². The van der Waals surface area contributed by atoms with Crippen LogP contribution in [0.25, 0.3) is 0 Å². The highest BCUT2D eigenvalue weighted by Gasteiger charge is 2.52. The summed E-state index contributed by atoms with van der Waals surface area (Å²) >= 11 is 0. The second-order valence-electron chi connectivity index (χ2n) is 8.82. The van der Waals surface area contributed by atoms with Gasteiger partial charge in [-0.1, -0.05) is 6.07 Å². The number of nitrogens with one attached hydrogen (secondary N) is 1. The van der Waals surface area contributed by atoms with Gasteiger partial charge in [0, 0.05) is 12.1 Å². The quantitative estimate of drug-likeness (QED) is 0.795. The molecule has 1 aromatic rings. The lowest BCUT2D eigenvalue weighted by Gasteiger charge is -2.57. The maximum Gasteiger partial charge on any atom is 0.416 e. The summed E-state index contributed by atoms with van der Waals surface area (Å²) in [6.07, 6.45) is 2.75. The van der Waals surface area contributed by atoms with Gasteiger partial charge in [-0.05, 0) is 81.4 Å². The Morgan fingerprint density at radius 3 is 2.33 bits per heavy atom. The van der Waals surface area contributed by atoms with Gasteiger partial charge in [0.25, 0.3) is 5.91 Å². The highest BCUT2D eigenvalue weighted by Crippen LogP contribution is 2.57. The summed E-state index contributed by atoms with van der Waals surface area (Å²) in [5.74, 6) is 1.84. The van der Waals surface area contributed by atoms with Crippen LogP contribution in [0.15, 0.2) is 24.3 Å². The highest BCUT2D eigenvalue weighted by molar-refractivity contribution is 5.94. The van der Waals surface area contributed by atoms with E-state index in [1.165, 1.54) is 31.4 Å². The predicted molar refractivity (Wildman–Crippen MR) is 95.2 cm³/mol. The Hall–Kier alpha value is -1.56. The summed E-state index contributed by atoms with van der Waals surface area (Å²) in [5, 5.41) is 2.73. The van der Waals surface area contributed by atoms with E-state index >= 15 is 0 Å². The van der Waals surface area contributed by atoms with Gasteiger partial charge in [-0.3, -0.25) is 4.79 Å². The first-order valence-electron chi connectivity index (χ1n) is 9.86. The molecule has 1 aromatic carbocycles. The van der Waals surface area contributed by atoms with Crippen molar-refractivity contribution >= 4 is 5.91 Å². The minimum absolute atomic E-state index is 0.0202. The lowest BCUT2D eigenvalue weighted by molar-refractivity contribution is -0.182. The Morgan fingerprint density at radius 2 is 1.78 bits per heavy atom. The summed E-state index contributed by atoms with van der Waals surface area (Å²) in [6, 6.07) is 4.51. The van der Waals surface area contributed by atoms with Gasteiger partial charge in [-0.2, -0.15) is 13.2 Å². The average molecular weight is 381 g/mol. The molecule has 1 atom stereocenters. The number of carbonyl (C=O) groups excluding carboxylic acids is 1. The molecule has 4 aliphatic carbocycles. The molecular weight excluding hydrogens is 355 g/mol. The van der Waals surface area contributed by atoms with E-state index in [4.69, 9.17) is 4.74 Å². The van der Waals surface area contributed by atoms with Crippen molar-refractivity contribution in [2.24, 2.45) is 17.8 Å². The molecule has 5 rings (SSSR count). The van der Waals surface area contributed by atoms with Crippen LogP contribution in [-0.4, -0.2) is 24.2 Å². The van der Waals surface area contributed by atoms with Gasteiger partial charge in [0.1, 0.15) is 0 Å². The van der Waals surface area contributed by atoms with E-state index in [-0.39, 0.29) is 17.3 Å². The van der Waals surface area contributed by atoms with Gasteiger partial charge in [0.15, 0.2) is 0 Å². The van der Waals surface area contributed by atoms with Crippen molar-refractivity contribution in [2.45, 2.75) is 63.3 Å². The molecule has 27 heavy (non-hydrogen) atoms. The maximum atomic E-state index is 12.8. The van der Waals surface area contributed by atoms with Crippen LogP contribution in [0.1, 0.15) is 61.4 Å². The van der Waals surface area contributed by atoms with Gasteiger partial charge < -0.3 is 10.1 Å². The smallest absolute Gasteiger partial charge is 0.370 e. The Kier molecular flexibility index (Phi) is 4.73. The van der Waals surface area contributed by atoms with E-state index in [0.29, 0.717) is 6.54 Å². The summed E-state index contributed by atoms with van der Waals surface area (Å²) < 4.78 is 44.8. The molecule has 3 nitrogen and oxygen atoms in total. The fourth-order valence-corrected chi connectivity index (χ4v) is 5.82. The Labute approximate surface area is 157 Å². The van der Waals surface area contributed by atoms with E-state index in [2.05, 4.69) is 5.32 Å². The number of carbonyl (C=O) groups is 1. The summed E-state index contributed by atoms with van der Waals surface area (Å²) in [7, 11) is 0. The van der Waals surface area contributed by atoms with E-state index in [1.54, 1.807) is 0 Å². The van der Waals surface area contributed by atoms with Crippen molar-refractivity contribution < 1.29 is 22.7 Å². The van der Waals surface area contributed by atoms with Crippen LogP contribution in [-0.2, 0) is 10.9 Å². The number of amides is 1. The molecule has 1 N–H and O–H groups in total. The van der Waals surface area contributed by atoms with Crippen molar-refractivity contribution in [3.8, 4) is 0 Å². The number of hydrogen-bond acceptors (Lipinski definition) is 2. The number of ether oxygens (including phenoxy) is 1. The third-order valence-corrected chi connectivity index (χ3v) is 6.44. The molecule has 4 aliphatic rings. The van der Waals surface area contributed by atoms with Crippen LogP contribution in [0.2, 0.25) is 0 Å². The fraction of sp³-hybridized carbons (Fsp3) is 0.667. The fourth-order valence-electron chi connectivity index (χ4n) is 5.82. The molecule has 148 valence electrons. The summed E-state index contributed by atoms with van der Waals surface area (Å²) in [5.41, 5.74) is -0.838. The van der Waals surface area contributed by atoms with Gasteiger partial charge in [0.05, 0.1) is 17.3 Å². The lowest BCUT2D eigenvalue weighted by atomic mass is 9.54. The third-order valence-electron chi connectivity index (χ3n) is 6.44. The molecule has 6 heteroatoms. The van der Waals surface area contributed by atoms with E-state index < -0.39 is 17.6 Å². The van der Waals surface area contributed by atoms with E-state index in [0.717, 1.165) is 49.1 Å². The van der Waals surface area contributed by atoms with Gasteiger partial charge in [-0.15, -0.1) is 0 Å². The number of halogens is 3. The highest BCUT2D eigenvalue weighted by atomic mass is 19.4. The van der Waals surface area contributed by atoms with Gasteiger partial charge >= 0.3 is 6.18 Å². The van der Waals surface area contributed by atoms with Crippen LogP contribution in [0.3, 0.4) is 0 Å². The number of benzene rings is 1. The zero-order valence-corrected chi connectivity index (χ0v) is 15.5. The van der Waals surface area contributed by atoms with Crippen LogP contribution in [0.5, 0.6) is 0 Å². The van der Waals surface area contributed by atoms with Gasteiger partial charge in [0.2, 0.25) is 0 Å². The first-order valence-corrected chi connectivity index (χ1v) is 9.86. The van der Waals surface area contributed by atoms with Crippen LogP contribution >= 0.6 is 0 Å². The Balaban J connectivity index is 1.33. The minimum Gasteiger partial charge on any atom is -0.370 e. The molecule has 0 radical (unpaired) electrons. The molecule has 0 aliphatic heterocycles. The van der Waals surface area contributed by atoms with Crippen molar-refractivity contribution in [3.63, 3.8) is 0 Å². The number of rotatable bonds is 5. The average Bonchev–Trinajstić information content (AvgIpc) is 2.57. The number of hydrogen-bond donors (Lipinski definition) is 1. The van der Waals surface area contributed by atoms with E-state index in [9.17, 15) is 18.0 Å². The normalized spacial score (nSPS) is 33.1. The summed E-state index contributed by atoms with van der Waals surface area (Å²) in [4.78, 5) is 12.3. The first-order chi connectivity index (χ1) is 12.7. The molecule has 0 spiro atoms. The predicted octanol–water partition coefficient (Wildman–Crippen LogP) is 4.81. The molecule has 4 saturated carbocycles. The van der Waals surface area contributed by atoms with Crippen LogP contribution in [0.4, 0.5) is 13.2 Å². The molecule has 1 unspecified atom stereocenters. The SMILES string of the molecule is CC(CNC(=O)c1cccc(C(F)(F)F)c1)OC12CC3CC(CC(C3)C1)C2. The first kappa shape index (κ1) is 18.8. The number of alkyl halides is 3. The second kappa shape index (κ2) is 6.80. The Bertz CT molecular complexity index is 680. The minimum atomic E-state index is -4.45. The molecule has 0 aromatic heterocycles.